The molecule has 0 unspecified atom stereocenters. The summed E-state index contributed by atoms with van der Waals surface area (Å²) in [4.78, 5) is 24.0. The third-order valence-electron chi connectivity index (χ3n) is 6.54. The number of ether oxygens (including phenoxy) is 2. The molecule has 0 spiro atoms. The van der Waals surface area contributed by atoms with Crippen molar-refractivity contribution in [1.29, 1.82) is 0 Å². The maximum atomic E-state index is 12.1. The van der Waals surface area contributed by atoms with Gasteiger partial charge in [0, 0.05) is 11.1 Å². The minimum absolute atomic E-state index is 0. The highest BCUT2D eigenvalue weighted by atomic mass is 35.5. The zero-order valence-electron chi connectivity index (χ0n) is 21.9. The number of amides is 2. The molecule has 4 aromatic carbocycles. The second kappa shape index (κ2) is 13.1. The van der Waals surface area contributed by atoms with Crippen LogP contribution >= 0.6 is 12.4 Å². The van der Waals surface area contributed by atoms with E-state index in [0.717, 1.165) is 27.9 Å². The number of nitrogens with two attached hydrogens (primary N) is 1. The molecule has 2 atom stereocenters. The van der Waals surface area contributed by atoms with E-state index in [1.54, 1.807) is 7.05 Å². The van der Waals surface area contributed by atoms with Crippen molar-refractivity contribution in [1.82, 2.24) is 5.32 Å². The van der Waals surface area contributed by atoms with E-state index in [1.165, 1.54) is 0 Å². The van der Waals surface area contributed by atoms with Crippen LogP contribution in [0.25, 0.3) is 22.3 Å². The van der Waals surface area contributed by atoms with Crippen LogP contribution in [0.4, 0.5) is 11.4 Å². The van der Waals surface area contributed by atoms with Crippen LogP contribution in [-0.4, -0.2) is 44.2 Å². The average molecular weight is 559 g/mol. The van der Waals surface area contributed by atoms with Crippen molar-refractivity contribution in [2.45, 2.75) is 12.1 Å². The zero-order valence-corrected chi connectivity index (χ0v) is 22.7. The fraction of sp³-hybridized carbons (Fsp3) is 0.161. The number of para-hydroxylation sites is 2. The maximum Gasteiger partial charge on any atom is 0.245 e. The van der Waals surface area contributed by atoms with Crippen molar-refractivity contribution >= 4 is 35.6 Å². The van der Waals surface area contributed by atoms with Gasteiger partial charge < -0.3 is 31.2 Å². The Morgan fingerprint density at radius 2 is 1.15 bits per heavy atom. The second-order valence-electron chi connectivity index (χ2n) is 9.14. The third kappa shape index (κ3) is 6.26. The SMILES string of the molecule is CN[C@H]1COc2cccc(-c3ccccc3)c2NC1=O.Cl.N[C@H]1COc2cccc(-c3ccccc3)c2NC1=O. The average Bonchev–Trinajstić information content (AvgIpc) is 3.24. The van der Waals surface area contributed by atoms with Crippen LogP contribution in [0.2, 0.25) is 0 Å². The fourth-order valence-corrected chi connectivity index (χ4v) is 4.42. The van der Waals surface area contributed by atoms with E-state index >= 15 is 0 Å². The van der Waals surface area contributed by atoms with Gasteiger partial charge in [-0.25, -0.2) is 0 Å². The molecule has 40 heavy (non-hydrogen) atoms. The molecule has 0 saturated carbocycles. The number of rotatable bonds is 3. The number of fused-ring (bicyclic) bond motifs is 2. The lowest BCUT2D eigenvalue weighted by atomic mass is 10.0. The predicted octanol–water partition coefficient (Wildman–Crippen LogP) is 4.71. The van der Waals surface area contributed by atoms with Gasteiger partial charge in [0.05, 0.1) is 11.4 Å². The first kappa shape index (κ1) is 28.6. The molecule has 5 N–H and O–H groups in total. The number of halogens is 1. The largest absolute Gasteiger partial charge is 0.489 e. The molecule has 6 rings (SSSR count). The molecule has 0 bridgehead atoms. The van der Waals surface area contributed by atoms with Crippen molar-refractivity contribution in [2.24, 2.45) is 5.73 Å². The van der Waals surface area contributed by atoms with Crippen LogP contribution in [0.5, 0.6) is 11.5 Å². The summed E-state index contributed by atoms with van der Waals surface area (Å²) in [5, 5.41) is 8.77. The van der Waals surface area contributed by atoms with Crippen molar-refractivity contribution in [3.05, 3.63) is 97.1 Å². The Balaban J connectivity index is 0.000000181. The Morgan fingerprint density at radius 3 is 1.65 bits per heavy atom. The summed E-state index contributed by atoms with van der Waals surface area (Å²) in [6, 6.07) is 30.3. The van der Waals surface area contributed by atoms with Gasteiger partial charge in [-0.15, -0.1) is 12.4 Å². The Hall–Kier alpha value is -4.37. The molecule has 4 aromatic rings. The lowest BCUT2D eigenvalue weighted by Gasteiger charge is -2.12. The number of anilines is 2. The molecule has 8 nitrogen and oxygen atoms in total. The summed E-state index contributed by atoms with van der Waals surface area (Å²) in [6.45, 7) is 0.519. The number of nitrogens with one attached hydrogen (secondary N) is 3. The van der Waals surface area contributed by atoms with E-state index in [9.17, 15) is 9.59 Å². The van der Waals surface area contributed by atoms with Crippen LogP contribution < -0.4 is 31.2 Å². The summed E-state index contributed by atoms with van der Waals surface area (Å²) in [7, 11) is 1.75. The highest BCUT2D eigenvalue weighted by Crippen LogP contribution is 2.38. The van der Waals surface area contributed by atoms with Gasteiger partial charge in [0.25, 0.3) is 0 Å². The van der Waals surface area contributed by atoms with Crippen LogP contribution in [0, 0.1) is 0 Å². The van der Waals surface area contributed by atoms with Gasteiger partial charge >= 0.3 is 0 Å². The number of likely N-dealkylation sites (N-methyl/N-ethyl adjacent to an activating group) is 1. The molecular weight excluding hydrogens is 528 g/mol. The quantitative estimate of drug-likeness (QED) is 0.290. The second-order valence-corrected chi connectivity index (χ2v) is 9.14. The summed E-state index contributed by atoms with van der Waals surface area (Å²) >= 11 is 0. The zero-order chi connectivity index (χ0) is 27.2. The summed E-state index contributed by atoms with van der Waals surface area (Å²) in [6.07, 6.45) is 0. The van der Waals surface area contributed by atoms with Crippen molar-refractivity contribution in [2.75, 3.05) is 30.9 Å². The van der Waals surface area contributed by atoms with Gasteiger partial charge in [0.1, 0.15) is 36.8 Å². The van der Waals surface area contributed by atoms with E-state index in [2.05, 4.69) is 16.0 Å². The van der Waals surface area contributed by atoms with E-state index in [4.69, 9.17) is 15.2 Å². The number of hydrogen-bond donors (Lipinski definition) is 4. The first-order chi connectivity index (χ1) is 19.0. The minimum Gasteiger partial charge on any atom is -0.489 e. The molecule has 0 saturated heterocycles. The molecule has 2 heterocycles. The van der Waals surface area contributed by atoms with Crippen LogP contribution in [0.15, 0.2) is 97.1 Å². The Morgan fingerprint density at radius 1 is 0.675 bits per heavy atom. The smallest absolute Gasteiger partial charge is 0.245 e. The van der Waals surface area contributed by atoms with E-state index in [0.29, 0.717) is 23.8 Å². The third-order valence-corrected chi connectivity index (χ3v) is 6.54. The molecule has 0 aliphatic carbocycles. The van der Waals surface area contributed by atoms with Gasteiger partial charge in [0.2, 0.25) is 11.8 Å². The van der Waals surface area contributed by atoms with Crippen LogP contribution in [0.1, 0.15) is 0 Å². The van der Waals surface area contributed by atoms with Crippen LogP contribution in [-0.2, 0) is 9.59 Å². The van der Waals surface area contributed by atoms with Crippen LogP contribution in [0.3, 0.4) is 0 Å². The van der Waals surface area contributed by atoms with Gasteiger partial charge in [0.15, 0.2) is 0 Å². The van der Waals surface area contributed by atoms with Crippen molar-refractivity contribution in [3.8, 4) is 33.8 Å². The number of carbonyl (C=O) groups excluding carboxylic acids is 2. The van der Waals surface area contributed by atoms with E-state index in [1.807, 2.05) is 97.1 Å². The Kier molecular flexibility index (Phi) is 9.39. The molecule has 2 aliphatic rings. The number of hydrogen-bond acceptors (Lipinski definition) is 6. The lowest BCUT2D eigenvalue weighted by Crippen LogP contribution is -2.41. The van der Waals surface area contributed by atoms with E-state index < -0.39 is 6.04 Å². The normalized spacial score (nSPS) is 17.4. The van der Waals surface area contributed by atoms with Gasteiger partial charge in [-0.3, -0.25) is 9.59 Å². The minimum atomic E-state index is -0.643. The first-order valence-electron chi connectivity index (χ1n) is 12.7. The summed E-state index contributed by atoms with van der Waals surface area (Å²) in [5.74, 6) is 1.07. The topological polar surface area (TPSA) is 115 Å². The number of carbonyl (C=O) groups is 2. The lowest BCUT2D eigenvalue weighted by molar-refractivity contribution is -0.118. The molecule has 2 amide bonds. The highest BCUT2D eigenvalue weighted by Gasteiger charge is 2.25. The first-order valence-corrected chi connectivity index (χ1v) is 12.7. The predicted molar refractivity (Wildman–Crippen MR) is 160 cm³/mol. The van der Waals surface area contributed by atoms with E-state index in [-0.39, 0.29) is 36.9 Å². The Bertz CT molecular complexity index is 1470. The standard InChI is InChI=1S/C16H16N2O2.C15H14N2O2.ClH/c1-17-13-10-20-14-9-5-8-12(15(14)18-16(13)19)11-6-3-2-4-7-11;16-12-9-19-13-8-4-7-11(14(13)17-15(12)18)10-5-2-1-3-6-10;/h2-9,13,17H,10H2,1H3,(H,18,19);1-8,12H,9,16H2,(H,17,18);1H/t13-;12-;/m00./s1. The molecule has 0 fully saturated rings. The number of benzene rings is 4. The Labute approximate surface area is 239 Å². The highest BCUT2D eigenvalue weighted by molar-refractivity contribution is 6.02. The van der Waals surface area contributed by atoms with Gasteiger partial charge in [-0.2, -0.15) is 0 Å². The van der Waals surface area contributed by atoms with Gasteiger partial charge in [-0.05, 0) is 30.3 Å². The summed E-state index contributed by atoms with van der Waals surface area (Å²) in [5.41, 5.74) is 11.1. The summed E-state index contributed by atoms with van der Waals surface area (Å²) < 4.78 is 11.3. The fourth-order valence-electron chi connectivity index (χ4n) is 4.42. The van der Waals surface area contributed by atoms with Gasteiger partial charge in [-0.1, -0.05) is 84.9 Å². The van der Waals surface area contributed by atoms with Crippen molar-refractivity contribution < 1.29 is 19.1 Å². The molecule has 9 heteroatoms. The molecule has 2 aliphatic heterocycles. The molecule has 0 aromatic heterocycles. The molecular formula is C31H31ClN4O4. The van der Waals surface area contributed by atoms with Crippen molar-refractivity contribution in [3.63, 3.8) is 0 Å². The molecule has 206 valence electrons. The monoisotopic (exact) mass is 558 g/mol. The molecule has 0 radical (unpaired) electrons. The maximum absolute atomic E-state index is 12.1.